The Morgan fingerprint density at radius 3 is 2.25 bits per heavy atom. The topological polar surface area (TPSA) is 75.4 Å². The van der Waals surface area contributed by atoms with Crippen LogP contribution in [0.5, 0.6) is 0 Å². The van der Waals surface area contributed by atoms with E-state index in [1.165, 1.54) is 0 Å². The first-order chi connectivity index (χ1) is 9.24. The summed E-state index contributed by atoms with van der Waals surface area (Å²) in [5.41, 5.74) is 6.51. The van der Waals surface area contributed by atoms with Gasteiger partial charge >= 0.3 is 0 Å². The average Bonchev–Trinajstić information content (AvgIpc) is 2.44. The van der Waals surface area contributed by atoms with Gasteiger partial charge < -0.3 is 10.6 Å². The largest absolute Gasteiger partial charge is 0.368 e. The van der Waals surface area contributed by atoms with Crippen LogP contribution in [-0.2, 0) is 10.0 Å². The molecule has 0 amide bonds. The van der Waals surface area contributed by atoms with E-state index in [4.69, 9.17) is 5.73 Å². The van der Waals surface area contributed by atoms with Gasteiger partial charge in [0.05, 0.1) is 4.90 Å². The third-order valence-corrected chi connectivity index (χ3v) is 4.96. The Morgan fingerprint density at radius 2 is 1.80 bits per heavy atom. The summed E-state index contributed by atoms with van der Waals surface area (Å²) in [4.78, 5) is 2.33. The van der Waals surface area contributed by atoms with E-state index >= 15 is 0 Å². The Labute approximate surface area is 122 Å². The molecule has 0 saturated carbocycles. The molecule has 20 heavy (non-hydrogen) atoms. The number of nitrogens with zero attached hydrogens (tertiary/aromatic N) is 1. The third kappa shape index (κ3) is 3.94. The lowest BCUT2D eigenvalue weighted by Crippen LogP contribution is -2.47. The van der Waals surface area contributed by atoms with E-state index in [2.05, 4.69) is 4.72 Å². The fourth-order valence-electron chi connectivity index (χ4n) is 1.66. The van der Waals surface area contributed by atoms with Gasteiger partial charge in [0.25, 0.3) is 0 Å². The second-order valence-electron chi connectivity index (χ2n) is 5.47. The van der Waals surface area contributed by atoms with Crippen LogP contribution in [0.15, 0.2) is 29.2 Å². The molecule has 0 atom stereocenters. The van der Waals surface area contributed by atoms with Crippen molar-refractivity contribution in [3.63, 3.8) is 0 Å². The van der Waals surface area contributed by atoms with Gasteiger partial charge in [-0.05, 0) is 44.5 Å². The zero-order valence-electron chi connectivity index (χ0n) is 12.7. The molecule has 0 spiro atoms. The summed E-state index contributed by atoms with van der Waals surface area (Å²) in [5, 5.41) is 0. The first kappa shape index (κ1) is 16.9. The van der Waals surface area contributed by atoms with E-state index in [0.29, 0.717) is 13.1 Å². The van der Waals surface area contributed by atoms with Gasteiger partial charge in [0.1, 0.15) is 0 Å². The minimum absolute atomic E-state index is 0.180. The summed E-state index contributed by atoms with van der Waals surface area (Å²) in [6.07, 6.45) is 0.769. The van der Waals surface area contributed by atoms with Crippen LogP contribution >= 0.6 is 0 Å². The van der Waals surface area contributed by atoms with E-state index < -0.39 is 10.0 Å². The second-order valence-corrected chi connectivity index (χ2v) is 7.23. The summed E-state index contributed by atoms with van der Waals surface area (Å²) in [7, 11) is -1.45. The first-order valence-corrected chi connectivity index (χ1v) is 8.26. The minimum Gasteiger partial charge on any atom is -0.368 e. The van der Waals surface area contributed by atoms with Crippen LogP contribution in [0.2, 0.25) is 0 Å². The number of hydrogen-bond acceptors (Lipinski definition) is 4. The molecule has 1 rings (SSSR count). The van der Waals surface area contributed by atoms with Crippen molar-refractivity contribution in [3.05, 3.63) is 24.3 Å². The first-order valence-electron chi connectivity index (χ1n) is 6.78. The third-order valence-electron chi connectivity index (χ3n) is 3.48. The summed E-state index contributed by atoms with van der Waals surface area (Å²) in [6.45, 7) is 6.97. The van der Waals surface area contributed by atoms with Crippen molar-refractivity contribution in [2.45, 2.75) is 37.6 Å². The number of nitrogens with one attached hydrogen (secondary N) is 1. The Balaban J connectivity index is 2.95. The van der Waals surface area contributed by atoms with Gasteiger partial charge in [0.2, 0.25) is 10.0 Å². The van der Waals surface area contributed by atoms with Crippen LogP contribution in [0, 0.1) is 0 Å². The fourth-order valence-corrected chi connectivity index (χ4v) is 2.79. The molecule has 0 aliphatic heterocycles. The molecule has 0 aliphatic rings. The Bertz CT molecular complexity index is 524. The predicted octanol–water partition coefficient (Wildman–Crippen LogP) is 1.55. The zero-order valence-corrected chi connectivity index (χ0v) is 13.5. The quantitative estimate of drug-likeness (QED) is 0.801. The molecular formula is C14H25N3O2S. The van der Waals surface area contributed by atoms with Crippen molar-refractivity contribution in [2.75, 3.05) is 25.0 Å². The van der Waals surface area contributed by atoms with E-state index in [1.54, 1.807) is 24.3 Å². The normalized spacial score (nSPS) is 12.4. The number of nitrogens with two attached hydrogens (primary N) is 1. The van der Waals surface area contributed by atoms with Crippen molar-refractivity contribution in [3.8, 4) is 0 Å². The molecule has 0 heterocycles. The highest BCUT2D eigenvalue weighted by Gasteiger charge is 2.22. The van der Waals surface area contributed by atoms with Crippen molar-refractivity contribution in [1.29, 1.82) is 0 Å². The van der Waals surface area contributed by atoms with Crippen molar-refractivity contribution in [1.82, 2.24) is 4.72 Å². The summed E-state index contributed by atoms with van der Waals surface area (Å²) in [5.74, 6) is 0. The number of sulfonamides is 1. The zero-order chi connectivity index (χ0) is 15.4. The predicted molar refractivity (Wildman–Crippen MR) is 83.5 cm³/mol. The van der Waals surface area contributed by atoms with Crippen molar-refractivity contribution >= 4 is 15.7 Å². The highest BCUT2D eigenvalue weighted by Crippen LogP contribution is 2.23. The smallest absolute Gasteiger partial charge is 0.240 e. The van der Waals surface area contributed by atoms with Gasteiger partial charge in [0.15, 0.2) is 0 Å². The maximum Gasteiger partial charge on any atom is 0.240 e. The summed E-state index contributed by atoms with van der Waals surface area (Å²) < 4.78 is 26.5. The van der Waals surface area contributed by atoms with Gasteiger partial charge in [-0.3, -0.25) is 0 Å². The van der Waals surface area contributed by atoms with E-state index in [9.17, 15) is 8.42 Å². The lowest BCUT2D eigenvalue weighted by Gasteiger charge is -2.36. The maximum atomic E-state index is 12.0. The molecule has 6 heteroatoms. The maximum absolute atomic E-state index is 12.0. The van der Waals surface area contributed by atoms with E-state index in [0.717, 1.165) is 12.1 Å². The molecule has 114 valence electrons. The molecular weight excluding hydrogens is 274 g/mol. The lowest BCUT2D eigenvalue weighted by molar-refractivity contribution is 0.498. The summed E-state index contributed by atoms with van der Waals surface area (Å²) >= 11 is 0. The number of rotatable bonds is 7. The van der Waals surface area contributed by atoms with Crippen LogP contribution in [0.25, 0.3) is 0 Å². The molecule has 0 radical (unpaired) electrons. The van der Waals surface area contributed by atoms with Crippen LogP contribution in [-0.4, -0.2) is 34.1 Å². The van der Waals surface area contributed by atoms with E-state index in [1.807, 2.05) is 32.7 Å². The van der Waals surface area contributed by atoms with E-state index in [-0.39, 0.29) is 10.4 Å². The number of anilines is 1. The van der Waals surface area contributed by atoms with Gasteiger partial charge in [-0.25, -0.2) is 13.1 Å². The number of likely N-dealkylation sites (N-methyl/N-ethyl adjacent to an activating group) is 1. The Kier molecular flexibility index (Phi) is 5.56. The molecule has 5 nitrogen and oxygen atoms in total. The van der Waals surface area contributed by atoms with Crippen molar-refractivity contribution in [2.24, 2.45) is 5.73 Å². The van der Waals surface area contributed by atoms with Crippen LogP contribution in [0.3, 0.4) is 0 Å². The van der Waals surface area contributed by atoms with Gasteiger partial charge in [-0.2, -0.15) is 0 Å². The standard InChI is InChI=1S/C14H25N3O2S/c1-5-10-16-20(18,19)13-8-6-12(7-9-13)17(4)14(2,3)11-15/h6-9,16H,5,10-11,15H2,1-4H3. The molecule has 3 N–H and O–H groups in total. The SMILES string of the molecule is CCCNS(=O)(=O)c1ccc(N(C)C(C)(C)CN)cc1. The monoisotopic (exact) mass is 299 g/mol. The molecule has 1 aromatic rings. The summed E-state index contributed by atoms with van der Waals surface area (Å²) in [6, 6.07) is 6.85. The van der Waals surface area contributed by atoms with Gasteiger partial charge in [0, 0.05) is 31.4 Å². The number of hydrogen-bond donors (Lipinski definition) is 2. The fraction of sp³-hybridized carbons (Fsp3) is 0.571. The molecule has 0 unspecified atom stereocenters. The minimum atomic E-state index is -3.40. The number of benzene rings is 1. The highest BCUT2D eigenvalue weighted by atomic mass is 32.2. The van der Waals surface area contributed by atoms with Crippen molar-refractivity contribution < 1.29 is 8.42 Å². The molecule has 0 aromatic heterocycles. The molecule has 0 bridgehead atoms. The second kappa shape index (κ2) is 6.56. The Morgan fingerprint density at radius 1 is 1.25 bits per heavy atom. The Hall–Kier alpha value is -1.11. The molecule has 1 aromatic carbocycles. The van der Waals surface area contributed by atoms with Crippen LogP contribution < -0.4 is 15.4 Å². The van der Waals surface area contributed by atoms with Gasteiger partial charge in [-0.15, -0.1) is 0 Å². The molecule has 0 saturated heterocycles. The van der Waals surface area contributed by atoms with Crippen LogP contribution in [0.4, 0.5) is 5.69 Å². The van der Waals surface area contributed by atoms with Gasteiger partial charge in [-0.1, -0.05) is 6.92 Å². The average molecular weight is 299 g/mol. The molecule has 0 aliphatic carbocycles. The lowest BCUT2D eigenvalue weighted by atomic mass is 10.0. The van der Waals surface area contributed by atoms with Crippen LogP contribution in [0.1, 0.15) is 27.2 Å². The molecule has 0 fully saturated rings. The highest BCUT2D eigenvalue weighted by molar-refractivity contribution is 7.89.